The number of carbonyl (C=O) groups excluding carboxylic acids is 2. The van der Waals surface area contributed by atoms with E-state index in [1.807, 2.05) is 13.8 Å². The molecule has 0 aliphatic carbocycles. The zero-order chi connectivity index (χ0) is 14.3. The number of aromatic nitrogens is 1. The fourth-order valence-corrected chi connectivity index (χ4v) is 1.81. The van der Waals surface area contributed by atoms with Crippen LogP contribution >= 0.6 is 15.9 Å². The lowest BCUT2D eigenvalue weighted by atomic mass is 10.2. The third-order valence-electron chi connectivity index (χ3n) is 2.63. The summed E-state index contributed by atoms with van der Waals surface area (Å²) in [6, 6.07) is 3.64. The fraction of sp³-hybridized carbons (Fsp3) is 0.462. The van der Waals surface area contributed by atoms with Gasteiger partial charge in [0.2, 0.25) is 5.91 Å². The summed E-state index contributed by atoms with van der Waals surface area (Å²) in [4.78, 5) is 27.3. The Morgan fingerprint density at radius 2 is 2.21 bits per heavy atom. The van der Waals surface area contributed by atoms with Crippen molar-refractivity contribution in [3.63, 3.8) is 0 Å². The quantitative estimate of drug-likeness (QED) is 0.838. The van der Waals surface area contributed by atoms with Crippen LogP contribution in [0.2, 0.25) is 0 Å². The number of nitrogens with one attached hydrogen (secondary N) is 2. The fourth-order valence-electron chi connectivity index (χ4n) is 1.38. The Bertz CT molecular complexity index is 451. The summed E-state index contributed by atoms with van der Waals surface area (Å²) in [7, 11) is 0. The summed E-state index contributed by atoms with van der Waals surface area (Å²) < 4.78 is 0.636. The first-order chi connectivity index (χ1) is 9.04. The minimum Gasteiger partial charge on any atom is -0.354 e. The van der Waals surface area contributed by atoms with Gasteiger partial charge in [0.25, 0.3) is 5.91 Å². The first-order valence-corrected chi connectivity index (χ1v) is 7.02. The maximum absolute atomic E-state index is 11.8. The van der Waals surface area contributed by atoms with Crippen molar-refractivity contribution in [2.75, 3.05) is 6.54 Å². The van der Waals surface area contributed by atoms with E-state index in [0.717, 1.165) is 6.42 Å². The molecule has 0 fully saturated rings. The van der Waals surface area contributed by atoms with Gasteiger partial charge in [-0.15, -0.1) is 0 Å². The van der Waals surface area contributed by atoms with Crippen LogP contribution in [0, 0.1) is 0 Å². The minimum atomic E-state index is -0.288. The summed E-state index contributed by atoms with van der Waals surface area (Å²) >= 11 is 3.26. The highest BCUT2D eigenvalue weighted by atomic mass is 79.9. The lowest BCUT2D eigenvalue weighted by Gasteiger charge is -2.11. The highest BCUT2D eigenvalue weighted by molar-refractivity contribution is 9.10. The lowest BCUT2D eigenvalue weighted by Crippen LogP contribution is -2.35. The lowest BCUT2D eigenvalue weighted by molar-refractivity contribution is -0.121. The molecule has 5 nitrogen and oxygen atoms in total. The number of amides is 2. The van der Waals surface area contributed by atoms with Crippen LogP contribution in [0.4, 0.5) is 0 Å². The number of rotatable bonds is 6. The largest absolute Gasteiger partial charge is 0.354 e. The molecule has 0 aromatic carbocycles. The standard InChI is InChI=1S/C13H18BrN3O2/c1-3-9(2)17-11(18)6-8-16-13(19)12-10(14)5-4-7-15-12/h4-5,7,9H,3,6,8H2,1-2H3,(H,16,19)(H,17,18). The van der Waals surface area contributed by atoms with Crippen molar-refractivity contribution in [1.29, 1.82) is 0 Å². The van der Waals surface area contributed by atoms with Gasteiger partial charge in [-0.3, -0.25) is 9.59 Å². The van der Waals surface area contributed by atoms with Gasteiger partial charge >= 0.3 is 0 Å². The second-order valence-corrected chi connectivity index (χ2v) is 5.07. The maximum Gasteiger partial charge on any atom is 0.271 e. The van der Waals surface area contributed by atoms with E-state index in [1.54, 1.807) is 18.3 Å². The second kappa shape index (κ2) is 7.89. The molecular weight excluding hydrogens is 310 g/mol. The van der Waals surface area contributed by atoms with E-state index in [9.17, 15) is 9.59 Å². The first-order valence-electron chi connectivity index (χ1n) is 6.22. The molecule has 0 saturated carbocycles. The van der Waals surface area contributed by atoms with Gasteiger partial charge in [-0.2, -0.15) is 0 Å². The summed E-state index contributed by atoms with van der Waals surface area (Å²) in [6.07, 6.45) is 2.70. The van der Waals surface area contributed by atoms with Crippen LogP contribution in [-0.2, 0) is 4.79 Å². The third-order valence-corrected chi connectivity index (χ3v) is 3.27. The molecule has 19 heavy (non-hydrogen) atoms. The molecule has 2 amide bonds. The number of pyridine rings is 1. The second-order valence-electron chi connectivity index (χ2n) is 4.22. The van der Waals surface area contributed by atoms with E-state index in [2.05, 4.69) is 31.5 Å². The molecule has 0 spiro atoms. The van der Waals surface area contributed by atoms with Crippen LogP contribution in [0.3, 0.4) is 0 Å². The smallest absolute Gasteiger partial charge is 0.271 e. The van der Waals surface area contributed by atoms with Gasteiger partial charge in [0.1, 0.15) is 5.69 Å². The number of carbonyl (C=O) groups is 2. The van der Waals surface area contributed by atoms with Gasteiger partial charge in [-0.1, -0.05) is 6.92 Å². The van der Waals surface area contributed by atoms with E-state index >= 15 is 0 Å². The van der Waals surface area contributed by atoms with Crippen molar-refractivity contribution >= 4 is 27.7 Å². The number of hydrogen-bond acceptors (Lipinski definition) is 3. The van der Waals surface area contributed by atoms with Crippen LogP contribution in [0.25, 0.3) is 0 Å². The number of nitrogens with zero attached hydrogens (tertiary/aromatic N) is 1. The van der Waals surface area contributed by atoms with Gasteiger partial charge in [-0.25, -0.2) is 4.98 Å². The zero-order valence-corrected chi connectivity index (χ0v) is 12.7. The third kappa shape index (κ3) is 5.38. The van der Waals surface area contributed by atoms with Gasteiger partial charge in [0, 0.05) is 29.7 Å². The molecule has 1 aromatic heterocycles. The molecule has 1 aromatic rings. The molecule has 2 N–H and O–H groups in total. The zero-order valence-electron chi connectivity index (χ0n) is 11.1. The number of halogens is 1. The Labute approximate surface area is 121 Å². The summed E-state index contributed by atoms with van der Waals surface area (Å²) in [6.45, 7) is 4.25. The van der Waals surface area contributed by atoms with Crippen LogP contribution in [0.5, 0.6) is 0 Å². The molecule has 0 saturated heterocycles. The average Bonchev–Trinajstić information content (AvgIpc) is 2.38. The first kappa shape index (κ1) is 15.6. The normalized spacial score (nSPS) is 11.7. The Morgan fingerprint density at radius 1 is 1.47 bits per heavy atom. The predicted molar refractivity (Wildman–Crippen MR) is 76.8 cm³/mol. The van der Waals surface area contributed by atoms with E-state index in [0.29, 0.717) is 16.7 Å². The van der Waals surface area contributed by atoms with Crippen LogP contribution in [-0.4, -0.2) is 29.4 Å². The Hall–Kier alpha value is -1.43. The highest BCUT2D eigenvalue weighted by Crippen LogP contribution is 2.12. The maximum atomic E-state index is 11.8. The van der Waals surface area contributed by atoms with Crippen molar-refractivity contribution in [1.82, 2.24) is 15.6 Å². The van der Waals surface area contributed by atoms with Gasteiger partial charge < -0.3 is 10.6 Å². The summed E-state index contributed by atoms with van der Waals surface area (Å²) in [5, 5.41) is 5.51. The minimum absolute atomic E-state index is 0.0604. The molecule has 0 aliphatic rings. The number of hydrogen-bond donors (Lipinski definition) is 2. The molecule has 1 heterocycles. The average molecular weight is 328 g/mol. The van der Waals surface area contributed by atoms with E-state index in [4.69, 9.17) is 0 Å². The monoisotopic (exact) mass is 327 g/mol. The molecule has 1 rings (SSSR count). The van der Waals surface area contributed by atoms with Crippen LogP contribution < -0.4 is 10.6 Å². The predicted octanol–water partition coefficient (Wildman–Crippen LogP) is 1.88. The van der Waals surface area contributed by atoms with Crippen molar-refractivity contribution in [3.05, 3.63) is 28.5 Å². The van der Waals surface area contributed by atoms with Crippen molar-refractivity contribution < 1.29 is 9.59 Å². The van der Waals surface area contributed by atoms with Gasteiger partial charge in [0.15, 0.2) is 0 Å². The topological polar surface area (TPSA) is 71.1 Å². The molecule has 1 unspecified atom stereocenters. The Morgan fingerprint density at radius 3 is 2.84 bits per heavy atom. The van der Waals surface area contributed by atoms with Crippen molar-refractivity contribution in [3.8, 4) is 0 Å². The molecule has 1 atom stereocenters. The van der Waals surface area contributed by atoms with Gasteiger partial charge in [0.05, 0.1) is 0 Å². The molecule has 0 bridgehead atoms. The molecule has 0 radical (unpaired) electrons. The van der Waals surface area contributed by atoms with Crippen LogP contribution in [0.1, 0.15) is 37.2 Å². The summed E-state index contributed by atoms with van der Waals surface area (Å²) in [5.74, 6) is -0.349. The Kier molecular flexibility index (Phi) is 6.49. The SMILES string of the molecule is CCC(C)NC(=O)CCNC(=O)c1ncccc1Br. The molecular formula is C13H18BrN3O2. The molecule has 104 valence electrons. The van der Waals surface area contributed by atoms with Crippen LogP contribution in [0.15, 0.2) is 22.8 Å². The van der Waals surface area contributed by atoms with Crippen molar-refractivity contribution in [2.45, 2.75) is 32.7 Å². The van der Waals surface area contributed by atoms with Crippen molar-refractivity contribution in [2.24, 2.45) is 0 Å². The molecule has 0 aliphatic heterocycles. The Balaban J connectivity index is 2.36. The summed E-state index contributed by atoms with van der Waals surface area (Å²) in [5.41, 5.74) is 0.324. The van der Waals surface area contributed by atoms with Gasteiger partial charge in [-0.05, 0) is 41.4 Å². The highest BCUT2D eigenvalue weighted by Gasteiger charge is 2.11. The van der Waals surface area contributed by atoms with E-state index in [-0.39, 0.29) is 24.3 Å². The van der Waals surface area contributed by atoms with E-state index in [1.165, 1.54) is 0 Å². The molecule has 6 heteroatoms. The van der Waals surface area contributed by atoms with E-state index < -0.39 is 0 Å².